The molecule has 1 heterocycles. The van der Waals surface area contributed by atoms with Crippen LogP contribution >= 0.6 is 34.4 Å². The standard InChI is InChI=1S/C27H34IN5O2S/c1-7-33-25(24(17(4)5)30-26(35)19-10-8-18(6)9-11-19)31-32-27(33)36-15-23(34)29-22-13-12-20(28)14-21(22)16(2)3/h8-14,16-17,24H,7,15H2,1-6H3,(H,29,34)(H,30,35)/t24-/m0/s1. The van der Waals surface area contributed by atoms with Crippen LogP contribution in [0.4, 0.5) is 5.69 Å². The molecule has 0 bridgehead atoms. The Kier molecular flexibility index (Phi) is 9.95. The summed E-state index contributed by atoms with van der Waals surface area (Å²) in [5, 5.41) is 15.6. The predicted octanol–water partition coefficient (Wildman–Crippen LogP) is 6.19. The van der Waals surface area contributed by atoms with Gasteiger partial charge in [-0.15, -0.1) is 10.2 Å². The Hall–Kier alpha value is -2.40. The maximum atomic E-state index is 12.9. The zero-order valence-electron chi connectivity index (χ0n) is 21.6. The number of aromatic nitrogens is 3. The van der Waals surface area contributed by atoms with Crippen LogP contribution in [0.25, 0.3) is 0 Å². The van der Waals surface area contributed by atoms with Crippen molar-refractivity contribution < 1.29 is 9.59 Å². The summed E-state index contributed by atoms with van der Waals surface area (Å²) >= 11 is 3.63. The number of thioether (sulfide) groups is 1. The molecule has 36 heavy (non-hydrogen) atoms. The van der Waals surface area contributed by atoms with Gasteiger partial charge in [0.25, 0.3) is 5.91 Å². The van der Waals surface area contributed by atoms with Crippen LogP contribution in [-0.2, 0) is 11.3 Å². The predicted molar refractivity (Wildman–Crippen MR) is 155 cm³/mol. The van der Waals surface area contributed by atoms with E-state index in [2.05, 4.69) is 63.3 Å². The van der Waals surface area contributed by atoms with Crippen LogP contribution in [0.3, 0.4) is 0 Å². The Morgan fingerprint density at radius 2 is 1.75 bits per heavy atom. The smallest absolute Gasteiger partial charge is 0.251 e. The molecule has 0 aliphatic carbocycles. The minimum atomic E-state index is -0.310. The molecule has 0 spiro atoms. The van der Waals surface area contributed by atoms with E-state index in [9.17, 15) is 9.59 Å². The van der Waals surface area contributed by atoms with E-state index in [1.807, 2.05) is 68.7 Å². The highest BCUT2D eigenvalue weighted by atomic mass is 127. The second-order valence-electron chi connectivity index (χ2n) is 9.37. The van der Waals surface area contributed by atoms with Crippen molar-refractivity contribution in [3.63, 3.8) is 0 Å². The minimum Gasteiger partial charge on any atom is -0.342 e. The molecule has 0 aliphatic rings. The van der Waals surface area contributed by atoms with Crippen molar-refractivity contribution >= 4 is 51.9 Å². The van der Waals surface area contributed by atoms with Gasteiger partial charge in [0.15, 0.2) is 11.0 Å². The number of nitrogens with zero attached hydrogens (tertiary/aromatic N) is 3. The van der Waals surface area contributed by atoms with Crippen molar-refractivity contribution in [2.45, 2.75) is 65.2 Å². The van der Waals surface area contributed by atoms with Crippen molar-refractivity contribution in [2.75, 3.05) is 11.1 Å². The summed E-state index contributed by atoms with van der Waals surface area (Å²) in [4.78, 5) is 25.7. The molecule has 0 aliphatic heterocycles. The summed E-state index contributed by atoms with van der Waals surface area (Å²) in [5.41, 5.74) is 3.66. The normalized spacial score (nSPS) is 12.1. The van der Waals surface area contributed by atoms with E-state index >= 15 is 0 Å². The number of halogens is 1. The van der Waals surface area contributed by atoms with Gasteiger partial charge in [-0.25, -0.2) is 0 Å². The van der Waals surface area contributed by atoms with E-state index in [-0.39, 0.29) is 29.5 Å². The van der Waals surface area contributed by atoms with Crippen LogP contribution < -0.4 is 10.6 Å². The van der Waals surface area contributed by atoms with Crippen LogP contribution in [-0.4, -0.2) is 32.3 Å². The molecular weight excluding hydrogens is 585 g/mol. The highest BCUT2D eigenvalue weighted by Crippen LogP contribution is 2.28. The molecule has 9 heteroatoms. The zero-order valence-corrected chi connectivity index (χ0v) is 24.6. The summed E-state index contributed by atoms with van der Waals surface area (Å²) in [6, 6.07) is 13.2. The number of carbonyl (C=O) groups excluding carboxylic acids is 2. The molecule has 1 atom stereocenters. The monoisotopic (exact) mass is 619 g/mol. The van der Waals surface area contributed by atoms with Crippen LogP contribution in [0.5, 0.6) is 0 Å². The Morgan fingerprint density at radius 1 is 1.06 bits per heavy atom. The number of benzene rings is 2. The SMILES string of the molecule is CCn1c(SCC(=O)Nc2ccc(I)cc2C(C)C)nnc1[C@@H](NC(=O)c1ccc(C)cc1)C(C)C. The van der Waals surface area contributed by atoms with Gasteiger partial charge in [0.1, 0.15) is 0 Å². The van der Waals surface area contributed by atoms with E-state index in [0.29, 0.717) is 29.0 Å². The first-order valence-electron chi connectivity index (χ1n) is 12.1. The van der Waals surface area contributed by atoms with Crippen molar-refractivity contribution in [1.82, 2.24) is 20.1 Å². The summed E-state index contributed by atoms with van der Waals surface area (Å²) in [6.45, 7) is 12.9. The third kappa shape index (κ3) is 7.09. The van der Waals surface area contributed by atoms with E-state index in [1.54, 1.807) is 0 Å². The average Bonchev–Trinajstić information content (AvgIpc) is 3.24. The van der Waals surface area contributed by atoms with Crippen molar-refractivity contribution in [3.8, 4) is 0 Å². The molecule has 0 radical (unpaired) electrons. The summed E-state index contributed by atoms with van der Waals surface area (Å²) in [7, 11) is 0. The second-order valence-corrected chi connectivity index (χ2v) is 11.6. The third-order valence-corrected chi connectivity index (χ3v) is 7.49. The molecular formula is C27H34IN5O2S. The van der Waals surface area contributed by atoms with Crippen molar-refractivity contribution in [2.24, 2.45) is 5.92 Å². The maximum Gasteiger partial charge on any atom is 0.251 e. The lowest BCUT2D eigenvalue weighted by molar-refractivity contribution is -0.113. The molecule has 2 aromatic carbocycles. The first-order chi connectivity index (χ1) is 17.1. The quantitative estimate of drug-likeness (QED) is 0.209. The van der Waals surface area contributed by atoms with Crippen LogP contribution in [0.15, 0.2) is 47.6 Å². The van der Waals surface area contributed by atoms with Gasteiger partial charge in [0.05, 0.1) is 11.8 Å². The van der Waals surface area contributed by atoms with E-state index in [1.165, 1.54) is 11.8 Å². The molecule has 3 aromatic rings. The first kappa shape index (κ1) is 28.2. The first-order valence-corrected chi connectivity index (χ1v) is 14.2. The number of carbonyl (C=O) groups is 2. The second kappa shape index (κ2) is 12.7. The number of hydrogen-bond acceptors (Lipinski definition) is 5. The van der Waals surface area contributed by atoms with E-state index < -0.39 is 0 Å². The number of nitrogens with one attached hydrogen (secondary N) is 2. The van der Waals surface area contributed by atoms with Gasteiger partial charge < -0.3 is 15.2 Å². The van der Waals surface area contributed by atoms with E-state index in [0.717, 1.165) is 20.4 Å². The Balaban J connectivity index is 1.72. The molecule has 2 amide bonds. The molecule has 0 unspecified atom stereocenters. The third-order valence-electron chi connectivity index (χ3n) is 5.85. The van der Waals surface area contributed by atoms with Crippen molar-refractivity contribution in [3.05, 3.63) is 68.5 Å². The summed E-state index contributed by atoms with van der Waals surface area (Å²) < 4.78 is 3.11. The average molecular weight is 620 g/mol. The number of aryl methyl sites for hydroxylation is 1. The fourth-order valence-electron chi connectivity index (χ4n) is 3.83. The molecule has 2 N–H and O–H groups in total. The van der Waals surface area contributed by atoms with Gasteiger partial charge in [-0.3, -0.25) is 9.59 Å². The molecule has 0 fully saturated rings. The Bertz CT molecular complexity index is 1210. The molecule has 1 aromatic heterocycles. The Morgan fingerprint density at radius 3 is 2.36 bits per heavy atom. The van der Waals surface area contributed by atoms with Gasteiger partial charge in [-0.1, -0.05) is 57.2 Å². The molecule has 0 saturated heterocycles. The van der Waals surface area contributed by atoms with Gasteiger partial charge in [0.2, 0.25) is 5.91 Å². The van der Waals surface area contributed by atoms with Gasteiger partial charge in [0, 0.05) is 21.4 Å². The van der Waals surface area contributed by atoms with Gasteiger partial charge in [-0.05, 0) is 84.2 Å². The van der Waals surface area contributed by atoms with E-state index in [4.69, 9.17) is 0 Å². The molecule has 7 nitrogen and oxygen atoms in total. The maximum absolute atomic E-state index is 12.9. The Labute approximate surface area is 231 Å². The fourth-order valence-corrected chi connectivity index (χ4v) is 5.16. The number of amides is 2. The lowest BCUT2D eigenvalue weighted by Crippen LogP contribution is -2.33. The summed E-state index contributed by atoms with van der Waals surface area (Å²) in [5.74, 6) is 1.07. The number of rotatable bonds is 10. The number of hydrogen-bond donors (Lipinski definition) is 2. The highest BCUT2D eigenvalue weighted by Gasteiger charge is 2.26. The summed E-state index contributed by atoms with van der Waals surface area (Å²) in [6.07, 6.45) is 0. The topological polar surface area (TPSA) is 88.9 Å². The fraction of sp³-hybridized carbons (Fsp3) is 0.407. The zero-order chi connectivity index (χ0) is 26.4. The number of anilines is 1. The van der Waals surface area contributed by atoms with Crippen LogP contribution in [0.2, 0.25) is 0 Å². The lowest BCUT2D eigenvalue weighted by Gasteiger charge is -2.22. The van der Waals surface area contributed by atoms with Crippen LogP contribution in [0.1, 0.15) is 73.9 Å². The molecule has 3 rings (SSSR count). The highest BCUT2D eigenvalue weighted by molar-refractivity contribution is 14.1. The largest absolute Gasteiger partial charge is 0.342 e. The molecule has 192 valence electrons. The lowest BCUT2D eigenvalue weighted by atomic mass is 10.0. The van der Waals surface area contributed by atoms with Crippen molar-refractivity contribution in [1.29, 1.82) is 0 Å². The van der Waals surface area contributed by atoms with Gasteiger partial charge >= 0.3 is 0 Å². The van der Waals surface area contributed by atoms with Gasteiger partial charge in [-0.2, -0.15) is 0 Å². The molecule has 0 saturated carbocycles. The van der Waals surface area contributed by atoms with Crippen LogP contribution in [0, 0.1) is 16.4 Å². The minimum absolute atomic E-state index is 0.0941.